The van der Waals surface area contributed by atoms with E-state index >= 15 is 0 Å². The summed E-state index contributed by atoms with van der Waals surface area (Å²) < 4.78 is 13.8. The van der Waals surface area contributed by atoms with Gasteiger partial charge in [0.25, 0.3) is 0 Å². The second-order valence-corrected chi connectivity index (χ2v) is 5.47. The number of hydrogen-bond donors (Lipinski definition) is 2. The zero-order chi connectivity index (χ0) is 12.7. The van der Waals surface area contributed by atoms with Crippen molar-refractivity contribution in [3.8, 4) is 0 Å². The fourth-order valence-electron chi connectivity index (χ4n) is 1.48. The van der Waals surface area contributed by atoms with Crippen LogP contribution in [0, 0.1) is 5.82 Å². The van der Waals surface area contributed by atoms with Gasteiger partial charge in [0.2, 0.25) is 0 Å². The van der Waals surface area contributed by atoms with Crippen molar-refractivity contribution in [3.05, 3.63) is 29.6 Å². The van der Waals surface area contributed by atoms with Crippen LogP contribution in [0.25, 0.3) is 0 Å². The van der Waals surface area contributed by atoms with Crippen molar-refractivity contribution in [2.75, 3.05) is 13.2 Å². The zero-order valence-electron chi connectivity index (χ0n) is 10.4. The van der Waals surface area contributed by atoms with E-state index in [-0.39, 0.29) is 17.7 Å². The summed E-state index contributed by atoms with van der Waals surface area (Å²) in [4.78, 5) is 0.659. The zero-order valence-corrected chi connectivity index (χ0v) is 11.2. The average molecular weight is 257 g/mol. The lowest BCUT2D eigenvalue weighted by molar-refractivity contribution is 0.289. The predicted octanol–water partition coefficient (Wildman–Crippen LogP) is 2.80. The predicted molar refractivity (Wildman–Crippen MR) is 70.8 cm³/mol. The molecular weight excluding hydrogens is 237 g/mol. The summed E-state index contributed by atoms with van der Waals surface area (Å²) in [5.74, 6) is -0.171. The molecule has 1 aromatic carbocycles. The molecule has 0 aliphatic rings. The molecule has 0 bridgehead atoms. The molecule has 0 aromatic heterocycles. The number of nitrogens with one attached hydrogen (secondary N) is 1. The van der Waals surface area contributed by atoms with Gasteiger partial charge in [-0.15, -0.1) is 11.8 Å². The van der Waals surface area contributed by atoms with Gasteiger partial charge in [-0.05, 0) is 30.7 Å². The number of hydrogen-bond acceptors (Lipinski definition) is 3. The molecule has 1 unspecified atom stereocenters. The van der Waals surface area contributed by atoms with E-state index in [0.29, 0.717) is 17.9 Å². The fraction of sp³-hybridized carbons (Fsp3) is 0.538. The summed E-state index contributed by atoms with van der Waals surface area (Å²) >= 11 is 1.47. The van der Waals surface area contributed by atoms with E-state index in [1.54, 1.807) is 6.07 Å². The Morgan fingerprint density at radius 1 is 1.47 bits per heavy atom. The first-order valence-corrected chi connectivity index (χ1v) is 6.82. The molecule has 1 aromatic rings. The molecular formula is C13H20FNOS. The summed E-state index contributed by atoms with van der Waals surface area (Å²) in [7, 11) is 0. The molecule has 0 aliphatic heterocycles. The third-order valence-electron chi connectivity index (χ3n) is 2.44. The Kier molecular flexibility index (Phi) is 6.55. The van der Waals surface area contributed by atoms with Crippen molar-refractivity contribution in [3.63, 3.8) is 0 Å². The number of rotatable bonds is 7. The summed E-state index contributed by atoms with van der Waals surface area (Å²) in [6.07, 6.45) is 0.684. The van der Waals surface area contributed by atoms with Crippen LogP contribution in [-0.2, 0) is 6.54 Å². The molecule has 0 radical (unpaired) electrons. The van der Waals surface area contributed by atoms with Crippen LogP contribution in [0.5, 0.6) is 0 Å². The third-order valence-corrected chi connectivity index (χ3v) is 3.66. The highest BCUT2D eigenvalue weighted by Crippen LogP contribution is 2.28. The first-order chi connectivity index (χ1) is 8.17. The van der Waals surface area contributed by atoms with Gasteiger partial charge in [-0.3, -0.25) is 0 Å². The van der Waals surface area contributed by atoms with Crippen LogP contribution in [0.3, 0.4) is 0 Å². The van der Waals surface area contributed by atoms with Crippen LogP contribution >= 0.6 is 11.8 Å². The van der Waals surface area contributed by atoms with Gasteiger partial charge in [0, 0.05) is 23.3 Å². The minimum atomic E-state index is -0.171. The number of benzene rings is 1. The third kappa shape index (κ3) is 5.06. The summed E-state index contributed by atoms with van der Waals surface area (Å²) in [5, 5.41) is 12.2. The van der Waals surface area contributed by atoms with Crippen molar-refractivity contribution >= 4 is 11.8 Å². The van der Waals surface area contributed by atoms with Gasteiger partial charge in [0.1, 0.15) is 5.82 Å². The maximum atomic E-state index is 13.8. The first kappa shape index (κ1) is 14.5. The number of thioether (sulfide) groups is 1. The molecule has 96 valence electrons. The highest BCUT2D eigenvalue weighted by Gasteiger charge is 2.08. The van der Waals surface area contributed by atoms with Crippen LogP contribution in [0.4, 0.5) is 4.39 Å². The molecule has 0 amide bonds. The first-order valence-electron chi connectivity index (χ1n) is 5.94. The van der Waals surface area contributed by atoms with E-state index in [0.717, 1.165) is 12.1 Å². The molecule has 1 rings (SSSR count). The van der Waals surface area contributed by atoms with Crippen molar-refractivity contribution in [2.45, 2.75) is 37.0 Å². The van der Waals surface area contributed by atoms with Crippen molar-refractivity contribution in [2.24, 2.45) is 0 Å². The van der Waals surface area contributed by atoms with Gasteiger partial charge in [-0.2, -0.15) is 0 Å². The SMILES string of the molecule is CCNCc1ccc(SC(C)CCO)c(F)c1. The number of aliphatic hydroxyl groups is 1. The average Bonchev–Trinajstić information content (AvgIpc) is 2.30. The van der Waals surface area contributed by atoms with Crippen molar-refractivity contribution in [1.29, 1.82) is 0 Å². The van der Waals surface area contributed by atoms with E-state index in [4.69, 9.17) is 5.11 Å². The van der Waals surface area contributed by atoms with Gasteiger partial charge in [-0.1, -0.05) is 19.9 Å². The molecule has 4 heteroatoms. The van der Waals surface area contributed by atoms with E-state index in [1.807, 2.05) is 26.0 Å². The normalized spacial score (nSPS) is 12.7. The molecule has 0 aliphatic carbocycles. The molecule has 0 saturated carbocycles. The molecule has 0 saturated heterocycles. The Bertz CT molecular complexity index is 346. The van der Waals surface area contributed by atoms with E-state index in [1.165, 1.54) is 11.8 Å². The molecule has 0 spiro atoms. The molecule has 1 atom stereocenters. The van der Waals surface area contributed by atoms with Gasteiger partial charge in [0.05, 0.1) is 0 Å². The second-order valence-electron chi connectivity index (χ2n) is 3.99. The summed E-state index contributed by atoms with van der Waals surface area (Å²) in [5.41, 5.74) is 0.962. The Morgan fingerprint density at radius 3 is 2.82 bits per heavy atom. The largest absolute Gasteiger partial charge is 0.396 e. The maximum Gasteiger partial charge on any atom is 0.137 e. The second kappa shape index (κ2) is 7.69. The van der Waals surface area contributed by atoms with Crippen molar-refractivity contribution in [1.82, 2.24) is 5.32 Å². The van der Waals surface area contributed by atoms with Gasteiger partial charge < -0.3 is 10.4 Å². The lowest BCUT2D eigenvalue weighted by Gasteiger charge is -2.11. The standard InChI is InChI=1S/C13H20FNOS/c1-3-15-9-11-4-5-13(12(14)8-11)17-10(2)6-7-16/h4-5,8,10,15-16H,3,6-7,9H2,1-2H3. The monoisotopic (exact) mass is 257 g/mol. The Labute approximate surface area is 107 Å². The molecule has 17 heavy (non-hydrogen) atoms. The number of aliphatic hydroxyl groups excluding tert-OH is 1. The van der Waals surface area contributed by atoms with Crippen LogP contribution in [0.1, 0.15) is 25.8 Å². The molecule has 2 N–H and O–H groups in total. The Morgan fingerprint density at radius 2 is 2.24 bits per heavy atom. The van der Waals surface area contributed by atoms with Crippen LogP contribution in [0.2, 0.25) is 0 Å². The molecule has 0 fully saturated rings. The lowest BCUT2D eigenvalue weighted by Crippen LogP contribution is -2.11. The quantitative estimate of drug-likeness (QED) is 0.737. The minimum Gasteiger partial charge on any atom is -0.396 e. The topological polar surface area (TPSA) is 32.3 Å². The summed E-state index contributed by atoms with van der Waals surface area (Å²) in [6.45, 7) is 5.74. The molecule has 2 nitrogen and oxygen atoms in total. The van der Waals surface area contributed by atoms with Gasteiger partial charge in [-0.25, -0.2) is 4.39 Å². The Balaban J connectivity index is 2.62. The van der Waals surface area contributed by atoms with E-state index < -0.39 is 0 Å². The fourth-order valence-corrected chi connectivity index (χ4v) is 2.45. The highest BCUT2D eigenvalue weighted by molar-refractivity contribution is 7.99. The number of halogens is 1. The minimum absolute atomic E-state index is 0.147. The maximum absolute atomic E-state index is 13.8. The highest BCUT2D eigenvalue weighted by atomic mass is 32.2. The van der Waals surface area contributed by atoms with Crippen LogP contribution in [0.15, 0.2) is 23.1 Å². The molecule has 0 heterocycles. The van der Waals surface area contributed by atoms with E-state index in [2.05, 4.69) is 5.32 Å². The van der Waals surface area contributed by atoms with Crippen molar-refractivity contribution < 1.29 is 9.50 Å². The Hall–Kier alpha value is -0.580. The van der Waals surface area contributed by atoms with E-state index in [9.17, 15) is 4.39 Å². The van der Waals surface area contributed by atoms with Crippen LogP contribution < -0.4 is 5.32 Å². The smallest absolute Gasteiger partial charge is 0.137 e. The van der Waals surface area contributed by atoms with Crippen LogP contribution in [-0.4, -0.2) is 23.5 Å². The van der Waals surface area contributed by atoms with Gasteiger partial charge in [0.15, 0.2) is 0 Å². The lowest BCUT2D eigenvalue weighted by atomic mass is 10.2. The van der Waals surface area contributed by atoms with Gasteiger partial charge >= 0.3 is 0 Å². The summed E-state index contributed by atoms with van der Waals surface area (Å²) in [6, 6.07) is 5.34.